The molecular formula is C15H27N5. The molecule has 0 aliphatic heterocycles. The number of pyridine rings is 1. The molecule has 0 saturated heterocycles. The van der Waals surface area contributed by atoms with Gasteiger partial charge in [-0.2, -0.15) is 0 Å². The Hall–Kier alpha value is -1.62. The zero-order chi connectivity index (χ0) is 15.3. The number of amidine groups is 1. The summed E-state index contributed by atoms with van der Waals surface area (Å²) in [7, 11) is 4.12. The predicted molar refractivity (Wildman–Crippen MR) is 85.8 cm³/mol. The van der Waals surface area contributed by atoms with E-state index in [2.05, 4.69) is 35.8 Å². The molecule has 5 nitrogen and oxygen atoms in total. The molecule has 5 heteroatoms. The van der Waals surface area contributed by atoms with E-state index in [1.54, 1.807) is 0 Å². The van der Waals surface area contributed by atoms with Crippen molar-refractivity contribution in [1.29, 1.82) is 5.41 Å². The fourth-order valence-electron chi connectivity index (χ4n) is 2.29. The first kappa shape index (κ1) is 16.4. The van der Waals surface area contributed by atoms with Gasteiger partial charge in [0, 0.05) is 25.3 Å². The summed E-state index contributed by atoms with van der Waals surface area (Å²) < 4.78 is 0. The molecule has 20 heavy (non-hydrogen) atoms. The lowest BCUT2D eigenvalue weighted by Crippen LogP contribution is -2.35. The number of nitrogen functional groups attached to an aromatic ring is 1. The number of rotatable bonds is 7. The van der Waals surface area contributed by atoms with Gasteiger partial charge in [-0.15, -0.1) is 0 Å². The van der Waals surface area contributed by atoms with Crippen LogP contribution in [0.3, 0.4) is 0 Å². The van der Waals surface area contributed by atoms with E-state index in [4.69, 9.17) is 11.1 Å². The molecule has 1 heterocycles. The Morgan fingerprint density at radius 3 is 2.40 bits per heavy atom. The topological polar surface area (TPSA) is 69.2 Å². The lowest BCUT2D eigenvalue weighted by molar-refractivity contribution is 0.412. The van der Waals surface area contributed by atoms with Crippen LogP contribution in [0.25, 0.3) is 0 Å². The summed E-state index contributed by atoms with van der Waals surface area (Å²) in [6, 6.07) is 1.98. The van der Waals surface area contributed by atoms with E-state index in [1.807, 2.05) is 19.9 Å². The minimum atomic E-state index is 0.0935. The maximum absolute atomic E-state index is 7.83. The van der Waals surface area contributed by atoms with E-state index in [0.717, 1.165) is 48.7 Å². The van der Waals surface area contributed by atoms with Crippen LogP contribution >= 0.6 is 0 Å². The molecule has 0 radical (unpaired) electrons. The molecular weight excluding hydrogens is 250 g/mol. The molecule has 0 atom stereocenters. The Kier molecular flexibility index (Phi) is 5.95. The molecule has 0 aromatic carbocycles. The Morgan fingerprint density at radius 1 is 1.25 bits per heavy atom. The number of likely N-dealkylation sites (N-methyl/N-ethyl adjacent to an activating group) is 1. The highest BCUT2D eigenvalue weighted by Crippen LogP contribution is 2.22. The summed E-state index contributed by atoms with van der Waals surface area (Å²) in [4.78, 5) is 9.02. The monoisotopic (exact) mass is 277 g/mol. The van der Waals surface area contributed by atoms with Gasteiger partial charge < -0.3 is 15.5 Å². The van der Waals surface area contributed by atoms with E-state index in [0.29, 0.717) is 0 Å². The maximum Gasteiger partial charge on any atom is 0.140 e. The normalized spacial score (nSPS) is 10.9. The number of aryl methyl sites for hydroxylation is 2. The number of anilines is 1. The number of hydrogen-bond acceptors (Lipinski definition) is 4. The van der Waals surface area contributed by atoms with Crippen LogP contribution in [-0.4, -0.2) is 49.4 Å². The van der Waals surface area contributed by atoms with Crippen molar-refractivity contribution in [2.24, 2.45) is 5.73 Å². The van der Waals surface area contributed by atoms with E-state index >= 15 is 0 Å². The summed E-state index contributed by atoms with van der Waals surface area (Å²) >= 11 is 0. The third kappa shape index (κ3) is 4.20. The molecule has 0 unspecified atom stereocenters. The van der Waals surface area contributed by atoms with E-state index < -0.39 is 0 Å². The van der Waals surface area contributed by atoms with E-state index in [1.165, 1.54) is 0 Å². The average Bonchev–Trinajstić information content (AvgIpc) is 2.32. The minimum absolute atomic E-state index is 0.0935. The second-order valence-electron chi connectivity index (χ2n) is 5.48. The van der Waals surface area contributed by atoms with Crippen molar-refractivity contribution < 1.29 is 0 Å². The van der Waals surface area contributed by atoms with Crippen molar-refractivity contribution in [1.82, 2.24) is 9.88 Å². The van der Waals surface area contributed by atoms with Gasteiger partial charge in [-0.1, -0.05) is 6.92 Å². The summed E-state index contributed by atoms with van der Waals surface area (Å²) in [6.45, 7) is 8.88. The molecule has 1 rings (SSSR count). The molecule has 0 aliphatic carbocycles. The largest absolute Gasteiger partial charge is 0.384 e. The van der Waals surface area contributed by atoms with Crippen LogP contribution < -0.4 is 10.6 Å². The smallest absolute Gasteiger partial charge is 0.140 e. The van der Waals surface area contributed by atoms with Gasteiger partial charge in [0.2, 0.25) is 0 Å². The van der Waals surface area contributed by atoms with Crippen molar-refractivity contribution in [2.45, 2.75) is 27.2 Å². The number of nitrogens with one attached hydrogen (secondary N) is 1. The zero-order valence-corrected chi connectivity index (χ0v) is 13.3. The predicted octanol–water partition coefficient (Wildman–Crippen LogP) is 1.76. The average molecular weight is 277 g/mol. The molecule has 0 bridgehead atoms. The Balaban J connectivity index is 3.20. The highest BCUT2D eigenvalue weighted by atomic mass is 15.2. The van der Waals surface area contributed by atoms with Crippen LogP contribution in [0, 0.1) is 19.3 Å². The first-order valence-corrected chi connectivity index (χ1v) is 7.09. The molecule has 0 saturated carbocycles. The standard InChI is InChI=1S/C15H27N5/c1-6-7-20(9-8-19(4)5)15-13(14(16)17)11(2)10-12(3)18-15/h10H,6-9H2,1-5H3,(H3,16,17). The second kappa shape index (κ2) is 7.24. The molecule has 0 fully saturated rings. The molecule has 3 N–H and O–H groups in total. The minimum Gasteiger partial charge on any atom is -0.384 e. The Bertz CT molecular complexity index is 468. The van der Waals surface area contributed by atoms with Gasteiger partial charge in [-0.3, -0.25) is 5.41 Å². The highest BCUT2D eigenvalue weighted by Gasteiger charge is 2.17. The third-order valence-corrected chi connectivity index (χ3v) is 3.21. The summed E-state index contributed by atoms with van der Waals surface area (Å²) in [6.07, 6.45) is 1.04. The van der Waals surface area contributed by atoms with Gasteiger partial charge in [-0.25, -0.2) is 4.98 Å². The Labute approximate surface area is 122 Å². The molecule has 112 valence electrons. The Morgan fingerprint density at radius 2 is 1.90 bits per heavy atom. The van der Waals surface area contributed by atoms with Crippen molar-refractivity contribution in [3.05, 3.63) is 22.9 Å². The van der Waals surface area contributed by atoms with Crippen LogP contribution in [0.2, 0.25) is 0 Å². The van der Waals surface area contributed by atoms with Gasteiger partial charge >= 0.3 is 0 Å². The molecule has 1 aromatic heterocycles. The zero-order valence-electron chi connectivity index (χ0n) is 13.3. The first-order chi connectivity index (χ1) is 9.36. The number of hydrogen-bond donors (Lipinski definition) is 2. The van der Waals surface area contributed by atoms with E-state index in [9.17, 15) is 0 Å². The van der Waals surface area contributed by atoms with Crippen LogP contribution in [0.1, 0.15) is 30.2 Å². The van der Waals surface area contributed by atoms with Gasteiger partial charge in [-0.05, 0) is 46.0 Å². The molecule has 0 amide bonds. The van der Waals surface area contributed by atoms with Crippen LogP contribution in [0.5, 0.6) is 0 Å². The molecule has 0 aliphatic rings. The molecule has 1 aromatic rings. The van der Waals surface area contributed by atoms with Gasteiger partial charge in [0.25, 0.3) is 0 Å². The lowest BCUT2D eigenvalue weighted by Gasteiger charge is -2.27. The van der Waals surface area contributed by atoms with Crippen molar-refractivity contribution >= 4 is 11.7 Å². The van der Waals surface area contributed by atoms with Crippen LogP contribution in [-0.2, 0) is 0 Å². The van der Waals surface area contributed by atoms with E-state index in [-0.39, 0.29) is 5.84 Å². The number of nitrogens with zero attached hydrogens (tertiary/aromatic N) is 3. The fraction of sp³-hybridized carbons (Fsp3) is 0.600. The summed E-state index contributed by atoms with van der Waals surface area (Å²) in [5.74, 6) is 0.939. The van der Waals surface area contributed by atoms with Crippen LogP contribution in [0.15, 0.2) is 6.07 Å². The summed E-state index contributed by atoms with van der Waals surface area (Å²) in [5, 5.41) is 7.83. The maximum atomic E-state index is 7.83. The SMILES string of the molecule is CCCN(CCN(C)C)c1nc(C)cc(C)c1C(=N)N. The van der Waals surface area contributed by atoms with Gasteiger partial charge in [0.1, 0.15) is 11.7 Å². The first-order valence-electron chi connectivity index (χ1n) is 7.09. The summed E-state index contributed by atoms with van der Waals surface area (Å²) in [5.41, 5.74) is 8.51. The lowest BCUT2D eigenvalue weighted by atomic mass is 10.1. The highest BCUT2D eigenvalue weighted by molar-refractivity contribution is 6.01. The quantitative estimate of drug-likeness (QED) is 0.588. The van der Waals surface area contributed by atoms with Gasteiger partial charge in [0.15, 0.2) is 0 Å². The fourth-order valence-corrected chi connectivity index (χ4v) is 2.29. The van der Waals surface area contributed by atoms with Gasteiger partial charge in [0.05, 0.1) is 5.56 Å². The number of nitrogens with two attached hydrogens (primary N) is 1. The molecule has 0 spiro atoms. The van der Waals surface area contributed by atoms with Crippen molar-refractivity contribution in [2.75, 3.05) is 38.6 Å². The third-order valence-electron chi connectivity index (χ3n) is 3.21. The van der Waals surface area contributed by atoms with Crippen molar-refractivity contribution in [3.8, 4) is 0 Å². The van der Waals surface area contributed by atoms with Crippen molar-refractivity contribution in [3.63, 3.8) is 0 Å². The van der Waals surface area contributed by atoms with Crippen LogP contribution in [0.4, 0.5) is 5.82 Å². The number of aromatic nitrogens is 1. The second-order valence-corrected chi connectivity index (χ2v) is 5.48.